The SMILES string of the molecule is COc1cc(F)c(S(=O)(=O)NCc2ccc(Oc3cccc(F)c3)nc2)cc1OC. The van der Waals surface area contributed by atoms with E-state index in [0.29, 0.717) is 5.56 Å². The zero-order chi connectivity index (χ0) is 21.7. The Balaban J connectivity index is 1.70. The molecule has 1 N–H and O–H groups in total. The van der Waals surface area contributed by atoms with Crippen molar-refractivity contribution >= 4 is 10.0 Å². The Kier molecular flexibility index (Phi) is 6.48. The van der Waals surface area contributed by atoms with Gasteiger partial charge in [-0.1, -0.05) is 12.1 Å². The van der Waals surface area contributed by atoms with Crippen LogP contribution in [0.2, 0.25) is 0 Å². The molecule has 0 aliphatic carbocycles. The predicted octanol–water partition coefficient (Wildman–Crippen LogP) is 3.65. The Labute approximate surface area is 172 Å². The average Bonchev–Trinajstić information content (AvgIpc) is 2.73. The largest absolute Gasteiger partial charge is 0.493 e. The topological polar surface area (TPSA) is 86.8 Å². The summed E-state index contributed by atoms with van der Waals surface area (Å²) in [5, 5.41) is 0. The van der Waals surface area contributed by atoms with Gasteiger partial charge in [0.2, 0.25) is 15.9 Å². The molecule has 0 spiro atoms. The lowest BCUT2D eigenvalue weighted by Gasteiger charge is -2.12. The second-order valence-electron chi connectivity index (χ2n) is 6.03. The van der Waals surface area contributed by atoms with E-state index < -0.39 is 26.6 Å². The maximum absolute atomic E-state index is 14.3. The molecule has 2 aromatic carbocycles. The van der Waals surface area contributed by atoms with E-state index in [-0.39, 0.29) is 29.7 Å². The van der Waals surface area contributed by atoms with Crippen molar-refractivity contribution < 1.29 is 31.4 Å². The lowest BCUT2D eigenvalue weighted by Crippen LogP contribution is -2.24. The molecule has 1 aromatic heterocycles. The number of hydrogen-bond acceptors (Lipinski definition) is 6. The van der Waals surface area contributed by atoms with Crippen molar-refractivity contribution in [3.63, 3.8) is 0 Å². The van der Waals surface area contributed by atoms with E-state index >= 15 is 0 Å². The van der Waals surface area contributed by atoms with E-state index in [1.807, 2.05) is 0 Å². The normalized spacial score (nSPS) is 11.2. The molecule has 0 radical (unpaired) electrons. The molecule has 10 heteroatoms. The Hall–Kier alpha value is -3.24. The summed E-state index contributed by atoms with van der Waals surface area (Å²) in [6.45, 7) is -0.136. The first-order valence-corrected chi connectivity index (χ1v) is 10.1. The minimum Gasteiger partial charge on any atom is -0.493 e. The highest BCUT2D eigenvalue weighted by atomic mass is 32.2. The summed E-state index contributed by atoms with van der Waals surface area (Å²) < 4.78 is 70.2. The molecule has 1 heterocycles. The van der Waals surface area contributed by atoms with Crippen LogP contribution in [0.5, 0.6) is 23.1 Å². The van der Waals surface area contributed by atoms with E-state index in [4.69, 9.17) is 14.2 Å². The summed E-state index contributed by atoms with van der Waals surface area (Å²) in [6.07, 6.45) is 1.39. The quantitative estimate of drug-likeness (QED) is 0.580. The maximum Gasteiger partial charge on any atom is 0.243 e. The molecule has 0 atom stereocenters. The molecule has 0 bridgehead atoms. The van der Waals surface area contributed by atoms with Gasteiger partial charge in [0.25, 0.3) is 0 Å². The Bertz CT molecular complexity index is 1140. The number of sulfonamides is 1. The third-order valence-electron chi connectivity index (χ3n) is 4.01. The zero-order valence-corrected chi connectivity index (χ0v) is 16.9. The van der Waals surface area contributed by atoms with Crippen LogP contribution in [0, 0.1) is 11.6 Å². The molecule has 3 aromatic rings. The fraction of sp³-hybridized carbons (Fsp3) is 0.150. The molecule has 158 valence electrons. The van der Waals surface area contributed by atoms with Gasteiger partial charge in [0.1, 0.15) is 22.3 Å². The van der Waals surface area contributed by atoms with Crippen molar-refractivity contribution in [3.8, 4) is 23.1 Å². The van der Waals surface area contributed by atoms with Gasteiger partial charge in [0.15, 0.2) is 11.5 Å². The highest BCUT2D eigenvalue weighted by molar-refractivity contribution is 7.89. The highest BCUT2D eigenvalue weighted by Gasteiger charge is 2.22. The van der Waals surface area contributed by atoms with E-state index in [2.05, 4.69) is 9.71 Å². The van der Waals surface area contributed by atoms with E-state index in [1.165, 1.54) is 44.7 Å². The van der Waals surface area contributed by atoms with Crippen molar-refractivity contribution in [1.29, 1.82) is 0 Å². The molecule has 0 aliphatic rings. The monoisotopic (exact) mass is 436 g/mol. The van der Waals surface area contributed by atoms with Gasteiger partial charge in [-0.15, -0.1) is 0 Å². The van der Waals surface area contributed by atoms with Crippen LogP contribution < -0.4 is 18.9 Å². The minimum absolute atomic E-state index is 0.0760. The van der Waals surface area contributed by atoms with Gasteiger partial charge in [-0.25, -0.2) is 26.9 Å². The fourth-order valence-corrected chi connectivity index (χ4v) is 3.61. The predicted molar refractivity (Wildman–Crippen MR) is 104 cm³/mol. The van der Waals surface area contributed by atoms with E-state index in [9.17, 15) is 17.2 Å². The number of hydrogen-bond donors (Lipinski definition) is 1. The number of rotatable bonds is 8. The highest BCUT2D eigenvalue weighted by Crippen LogP contribution is 2.31. The lowest BCUT2D eigenvalue weighted by atomic mass is 10.3. The molecular weight excluding hydrogens is 418 g/mol. The zero-order valence-electron chi connectivity index (χ0n) is 16.1. The van der Waals surface area contributed by atoms with Crippen molar-refractivity contribution in [2.75, 3.05) is 14.2 Å². The number of pyridine rings is 1. The summed E-state index contributed by atoms with van der Waals surface area (Å²) in [7, 11) is -1.54. The summed E-state index contributed by atoms with van der Waals surface area (Å²) >= 11 is 0. The van der Waals surface area contributed by atoms with Crippen molar-refractivity contribution in [3.05, 3.63) is 71.9 Å². The van der Waals surface area contributed by atoms with Gasteiger partial charge < -0.3 is 14.2 Å². The summed E-state index contributed by atoms with van der Waals surface area (Å²) in [5.41, 5.74) is 0.506. The Morgan fingerprint density at radius 3 is 2.37 bits per heavy atom. The van der Waals surface area contributed by atoms with Crippen molar-refractivity contribution in [1.82, 2.24) is 9.71 Å². The third kappa shape index (κ3) is 5.02. The van der Waals surface area contributed by atoms with Crippen molar-refractivity contribution in [2.24, 2.45) is 0 Å². The summed E-state index contributed by atoms with van der Waals surface area (Å²) in [5.74, 6) is -0.775. The first-order chi connectivity index (χ1) is 14.3. The molecule has 30 heavy (non-hydrogen) atoms. The number of halogens is 2. The van der Waals surface area contributed by atoms with Crippen molar-refractivity contribution in [2.45, 2.75) is 11.4 Å². The lowest BCUT2D eigenvalue weighted by molar-refractivity contribution is 0.350. The van der Waals surface area contributed by atoms with Crippen LogP contribution in [-0.4, -0.2) is 27.6 Å². The van der Waals surface area contributed by atoms with Gasteiger partial charge in [-0.2, -0.15) is 0 Å². The first kappa shape index (κ1) is 21.5. The minimum atomic E-state index is -4.17. The van der Waals surface area contributed by atoms with Gasteiger partial charge in [0.05, 0.1) is 14.2 Å². The third-order valence-corrected chi connectivity index (χ3v) is 5.43. The standard InChI is InChI=1S/C20H18F2N2O5S/c1-27-17-9-16(22)19(10-18(17)28-2)30(25,26)24-12-13-6-7-20(23-11-13)29-15-5-3-4-14(21)8-15/h3-11,24H,12H2,1-2H3. The van der Waals surface area contributed by atoms with Gasteiger partial charge >= 0.3 is 0 Å². The number of aromatic nitrogens is 1. The molecule has 0 aliphatic heterocycles. The van der Waals surface area contributed by atoms with Crippen LogP contribution >= 0.6 is 0 Å². The van der Waals surface area contributed by atoms with Crippen LogP contribution in [0.3, 0.4) is 0 Å². The second-order valence-corrected chi connectivity index (χ2v) is 7.76. The first-order valence-electron chi connectivity index (χ1n) is 8.62. The Morgan fingerprint density at radius 1 is 1.00 bits per heavy atom. The van der Waals surface area contributed by atoms with Crippen LogP contribution in [0.1, 0.15) is 5.56 Å². The molecule has 7 nitrogen and oxygen atoms in total. The van der Waals surface area contributed by atoms with Crippen LogP contribution in [0.4, 0.5) is 8.78 Å². The van der Waals surface area contributed by atoms with Gasteiger partial charge in [-0.05, 0) is 17.7 Å². The van der Waals surface area contributed by atoms with Crippen LogP contribution in [0.25, 0.3) is 0 Å². The number of benzene rings is 2. The Morgan fingerprint density at radius 2 is 1.73 bits per heavy atom. The number of nitrogens with one attached hydrogen (secondary N) is 1. The number of ether oxygens (including phenoxy) is 3. The molecule has 3 rings (SSSR count). The molecule has 0 saturated carbocycles. The van der Waals surface area contributed by atoms with Gasteiger partial charge in [-0.3, -0.25) is 0 Å². The molecular formula is C20H18F2N2O5S. The smallest absolute Gasteiger partial charge is 0.243 e. The molecule has 0 saturated heterocycles. The molecule has 0 amide bonds. The van der Waals surface area contributed by atoms with E-state index in [0.717, 1.165) is 12.1 Å². The fourth-order valence-electron chi connectivity index (χ4n) is 2.52. The number of methoxy groups -OCH3 is 2. The molecule has 0 fully saturated rings. The number of nitrogens with zero attached hydrogens (tertiary/aromatic N) is 1. The van der Waals surface area contributed by atoms with Crippen LogP contribution in [-0.2, 0) is 16.6 Å². The molecule has 0 unspecified atom stereocenters. The second kappa shape index (κ2) is 9.06. The average molecular weight is 436 g/mol. The maximum atomic E-state index is 14.3. The van der Waals surface area contributed by atoms with Gasteiger partial charge in [0, 0.05) is 37.0 Å². The van der Waals surface area contributed by atoms with E-state index in [1.54, 1.807) is 12.1 Å². The summed E-state index contributed by atoms with van der Waals surface area (Å²) in [6, 6.07) is 10.6. The van der Waals surface area contributed by atoms with Crippen LogP contribution in [0.15, 0.2) is 59.6 Å². The summed E-state index contributed by atoms with van der Waals surface area (Å²) in [4.78, 5) is 3.48.